The van der Waals surface area contributed by atoms with Gasteiger partial charge >= 0.3 is 0 Å². The van der Waals surface area contributed by atoms with Crippen LogP contribution in [0.2, 0.25) is 0 Å². The van der Waals surface area contributed by atoms with Crippen molar-refractivity contribution in [2.45, 2.75) is 25.8 Å². The second kappa shape index (κ2) is 5.87. The average molecular weight is 248 g/mol. The Bertz CT molecular complexity index is 403. The van der Waals surface area contributed by atoms with Crippen LogP contribution in [0.1, 0.15) is 18.4 Å². The van der Waals surface area contributed by atoms with E-state index in [0.717, 1.165) is 25.1 Å². The smallest absolute Gasteiger partial charge is 0.260 e. The van der Waals surface area contributed by atoms with Crippen molar-refractivity contribution in [3.63, 3.8) is 0 Å². The molecule has 18 heavy (non-hydrogen) atoms. The van der Waals surface area contributed by atoms with Crippen molar-refractivity contribution in [3.05, 3.63) is 29.8 Å². The maximum Gasteiger partial charge on any atom is 0.260 e. The number of rotatable bonds is 4. The van der Waals surface area contributed by atoms with E-state index in [4.69, 9.17) is 10.5 Å². The Labute approximate surface area is 108 Å². The monoisotopic (exact) mass is 248 g/mol. The minimum atomic E-state index is 0.0310. The summed E-state index contributed by atoms with van der Waals surface area (Å²) in [7, 11) is 0. The van der Waals surface area contributed by atoms with Crippen LogP contribution in [0.15, 0.2) is 24.3 Å². The third-order valence-corrected chi connectivity index (χ3v) is 3.35. The highest BCUT2D eigenvalue weighted by atomic mass is 16.5. The summed E-state index contributed by atoms with van der Waals surface area (Å²) >= 11 is 0. The number of amides is 1. The van der Waals surface area contributed by atoms with Crippen LogP contribution in [0, 0.1) is 6.92 Å². The molecular weight excluding hydrogens is 228 g/mol. The van der Waals surface area contributed by atoms with Crippen molar-refractivity contribution in [2.24, 2.45) is 5.73 Å². The number of ether oxygens (including phenoxy) is 1. The number of benzene rings is 1. The minimum Gasteiger partial charge on any atom is -0.484 e. The van der Waals surface area contributed by atoms with E-state index in [1.807, 2.05) is 36.1 Å². The molecule has 4 nitrogen and oxygen atoms in total. The predicted octanol–water partition coefficient (Wildman–Crippen LogP) is 1.32. The van der Waals surface area contributed by atoms with Crippen molar-refractivity contribution in [2.75, 3.05) is 19.7 Å². The lowest BCUT2D eigenvalue weighted by atomic mass is 10.2. The second-order valence-electron chi connectivity index (χ2n) is 4.72. The molecule has 1 saturated heterocycles. The largest absolute Gasteiger partial charge is 0.484 e. The number of nitrogens with two attached hydrogens (primary N) is 1. The van der Waals surface area contributed by atoms with Crippen molar-refractivity contribution in [3.8, 4) is 5.75 Å². The zero-order valence-electron chi connectivity index (χ0n) is 10.8. The van der Waals surface area contributed by atoms with Crippen LogP contribution in [0.4, 0.5) is 0 Å². The number of likely N-dealkylation sites (tertiary alicyclic amines) is 1. The highest BCUT2D eigenvalue weighted by Gasteiger charge is 2.27. The molecule has 1 fully saturated rings. The molecule has 0 unspecified atom stereocenters. The fourth-order valence-corrected chi connectivity index (χ4v) is 2.27. The zero-order valence-corrected chi connectivity index (χ0v) is 10.8. The third-order valence-electron chi connectivity index (χ3n) is 3.35. The molecule has 2 N–H and O–H groups in total. The maximum atomic E-state index is 12.0. The van der Waals surface area contributed by atoms with Gasteiger partial charge in [-0.05, 0) is 31.9 Å². The molecule has 0 spiro atoms. The Balaban J connectivity index is 1.86. The molecule has 98 valence electrons. The van der Waals surface area contributed by atoms with Crippen molar-refractivity contribution >= 4 is 5.91 Å². The number of aryl methyl sites for hydroxylation is 1. The van der Waals surface area contributed by atoms with Gasteiger partial charge in [0, 0.05) is 19.1 Å². The summed E-state index contributed by atoms with van der Waals surface area (Å²) in [5.41, 5.74) is 6.83. The van der Waals surface area contributed by atoms with Gasteiger partial charge in [-0.15, -0.1) is 0 Å². The molecule has 4 heteroatoms. The van der Waals surface area contributed by atoms with Crippen LogP contribution in [0.5, 0.6) is 5.75 Å². The number of hydrogen-bond donors (Lipinski definition) is 1. The first kappa shape index (κ1) is 12.9. The van der Waals surface area contributed by atoms with Gasteiger partial charge < -0.3 is 15.4 Å². The summed E-state index contributed by atoms with van der Waals surface area (Å²) in [5.74, 6) is 0.765. The minimum absolute atomic E-state index is 0.0310. The Morgan fingerprint density at radius 1 is 1.44 bits per heavy atom. The topological polar surface area (TPSA) is 55.6 Å². The van der Waals surface area contributed by atoms with E-state index in [2.05, 4.69) is 0 Å². The summed E-state index contributed by atoms with van der Waals surface area (Å²) in [5, 5.41) is 0. The van der Waals surface area contributed by atoms with E-state index >= 15 is 0 Å². The van der Waals surface area contributed by atoms with Crippen LogP contribution in [0.25, 0.3) is 0 Å². The Morgan fingerprint density at radius 3 is 2.83 bits per heavy atom. The predicted molar refractivity (Wildman–Crippen MR) is 70.5 cm³/mol. The van der Waals surface area contributed by atoms with Gasteiger partial charge in [0.1, 0.15) is 5.75 Å². The summed E-state index contributed by atoms with van der Waals surface area (Å²) in [4.78, 5) is 13.8. The average Bonchev–Trinajstić information content (AvgIpc) is 2.86. The lowest BCUT2D eigenvalue weighted by Crippen LogP contribution is -2.42. The highest BCUT2D eigenvalue weighted by Crippen LogP contribution is 2.17. The van der Waals surface area contributed by atoms with Crippen LogP contribution < -0.4 is 10.5 Å². The van der Waals surface area contributed by atoms with Gasteiger partial charge in [-0.3, -0.25) is 4.79 Å². The summed E-state index contributed by atoms with van der Waals surface area (Å²) < 4.78 is 5.50. The number of nitrogens with zero attached hydrogens (tertiary/aromatic N) is 1. The van der Waals surface area contributed by atoms with Gasteiger partial charge in [0.05, 0.1) is 0 Å². The lowest BCUT2D eigenvalue weighted by molar-refractivity contribution is -0.134. The molecule has 1 heterocycles. The van der Waals surface area contributed by atoms with E-state index in [-0.39, 0.29) is 18.6 Å². The molecule has 1 aliphatic rings. The van der Waals surface area contributed by atoms with Gasteiger partial charge in [-0.2, -0.15) is 0 Å². The summed E-state index contributed by atoms with van der Waals surface area (Å²) in [6, 6.07) is 7.90. The molecule has 1 aromatic carbocycles. The Kier molecular flexibility index (Phi) is 4.20. The normalized spacial score (nSPS) is 19.0. The first-order valence-corrected chi connectivity index (χ1v) is 6.39. The van der Waals surface area contributed by atoms with Crippen molar-refractivity contribution < 1.29 is 9.53 Å². The number of carbonyl (C=O) groups excluding carboxylic acids is 1. The molecule has 0 aliphatic carbocycles. The zero-order chi connectivity index (χ0) is 13.0. The molecular formula is C14H20N2O2. The van der Waals surface area contributed by atoms with E-state index in [1.54, 1.807) is 0 Å². The van der Waals surface area contributed by atoms with Gasteiger partial charge in [0.15, 0.2) is 6.61 Å². The van der Waals surface area contributed by atoms with Gasteiger partial charge in [0.25, 0.3) is 5.91 Å². The van der Waals surface area contributed by atoms with Crippen LogP contribution >= 0.6 is 0 Å². The SMILES string of the molecule is Cc1ccc(OCC(=O)N2CCC[C@H]2CN)cc1. The van der Waals surface area contributed by atoms with Crippen molar-refractivity contribution in [1.82, 2.24) is 4.90 Å². The fraction of sp³-hybridized carbons (Fsp3) is 0.500. The molecule has 1 atom stereocenters. The van der Waals surface area contributed by atoms with Crippen LogP contribution in [-0.4, -0.2) is 36.5 Å². The molecule has 2 rings (SSSR count). The molecule has 0 radical (unpaired) electrons. The standard InChI is InChI=1S/C14H20N2O2/c1-11-4-6-13(7-5-11)18-10-14(17)16-8-2-3-12(16)9-15/h4-7,12H,2-3,8-10,15H2,1H3/t12-/m0/s1. The molecule has 1 aromatic rings. The first-order valence-electron chi connectivity index (χ1n) is 6.39. The molecule has 1 amide bonds. The molecule has 0 bridgehead atoms. The Morgan fingerprint density at radius 2 is 2.17 bits per heavy atom. The van der Waals surface area contributed by atoms with Gasteiger partial charge in [-0.25, -0.2) is 0 Å². The van der Waals surface area contributed by atoms with E-state index in [9.17, 15) is 4.79 Å². The van der Waals surface area contributed by atoms with E-state index < -0.39 is 0 Å². The Hall–Kier alpha value is -1.55. The van der Waals surface area contributed by atoms with Crippen molar-refractivity contribution in [1.29, 1.82) is 0 Å². The molecule has 0 saturated carbocycles. The number of hydrogen-bond acceptors (Lipinski definition) is 3. The maximum absolute atomic E-state index is 12.0. The fourth-order valence-electron chi connectivity index (χ4n) is 2.27. The van der Waals surface area contributed by atoms with Gasteiger partial charge in [-0.1, -0.05) is 17.7 Å². The summed E-state index contributed by atoms with van der Waals surface area (Å²) in [6.45, 7) is 3.46. The van der Waals surface area contributed by atoms with E-state index in [1.165, 1.54) is 5.56 Å². The quantitative estimate of drug-likeness (QED) is 0.874. The second-order valence-corrected chi connectivity index (χ2v) is 4.72. The third kappa shape index (κ3) is 3.01. The summed E-state index contributed by atoms with van der Waals surface area (Å²) in [6.07, 6.45) is 2.05. The number of carbonyl (C=O) groups is 1. The van der Waals surface area contributed by atoms with Crippen LogP contribution in [-0.2, 0) is 4.79 Å². The molecule has 0 aromatic heterocycles. The van der Waals surface area contributed by atoms with E-state index in [0.29, 0.717) is 6.54 Å². The highest BCUT2D eigenvalue weighted by molar-refractivity contribution is 5.78. The molecule has 1 aliphatic heterocycles. The van der Waals surface area contributed by atoms with Gasteiger partial charge in [0.2, 0.25) is 0 Å². The van der Waals surface area contributed by atoms with Crippen LogP contribution in [0.3, 0.4) is 0 Å². The first-order chi connectivity index (χ1) is 8.70. The lowest BCUT2D eigenvalue weighted by Gasteiger charge is -2.23.